The highest BCUT2D eigenvalue weighted by atomic mass is 16.3. The van der Waals surface area contributed by atoms with Gasteiger partial charge in [0.15, 0.2) is 0 Å². The van der Waals surface area contributed by atoms with Crippen LogP contribution < -0.4 is 0 Å². The fraction of sp³-hybridized carbons (Fsp3) is 0.0357. The summed E-state index contributed by atoms with van der Waals surface area (Å²) in [5.74, 6) is 1.01. The number of hydrogen-bond acceptors (Lipinski definition) is 3. The van der Waals surface area contributed by atoms with Crippen molar-refractivity contribution < 1.29 is 5.11 Å². The van der Waals surface area contributed by atoms with E-state index in [1.54, 1.807) is 0 Å². The second kappa shape index (κ2) is 16.2. The molecule has 0 saturated heterocycles. The van der Waals surface area contributed by atoms with Crippen LogP contribution in [0.3, 0.4) is 0 Å². The molecule has 286 valence electrons. The number of benzene rings is 8. The molecule has 0 aliphatic heterocycles. The quantitative estimate of drug-likeness (QED) is 0.151. The van der Waals surface area contributed by atoms with Crippen molar-refractivity contribution in [3.05, 3.63) is 241 Å². The molecular formula is C56H41N3O. The van der Waals surface area contributed by atoms with Crippen molar-refractivity contribution >= 4 is 10.8 Å². The van der Waals surface area contributed by atoms with Gasteiger partial charge in [0.2, 0.25) is 0 Å². The molecule has 4 nitrogen and oxygen atoms in total. The average molecular weight is 772 g/mol. The third-order valence-electron chi connectivity index (χ3n) is 11.4. The normalized spacial score (nSPS) is 11.2. The Hall–Kier alpha value is -7.82. The summed E-state index contributed by atoms with van der Waals surface area (Å²) in [6, 6.07) is 69.5. The van der Waals surface area contributed by atoms with E-state index in [1.807, 2.05) is 48.8 Å². The van der Waals surface area contributed by atoms with Gasteiger partial charge in [-0.15, -0.1) is 0 Å². The Bertz CT molecular complexity index is 3020. The largest absolute Gasteiger partial charge is 0.507 e. The van der Waals surface area contributed by atoms with Gasteiger partial charge in [0.25, 0.3) is 0 Å². The second-order valence-corrected chi connectivity index (χ2v) is 15.2. The average Bonchev–Trinajstić information content (AvgIpc) is 3.76. The minimum absolute atomic E-state index is 0.222. The fourth-order valence-corrected chi connectivity index (χ4v) is 8.43. The predicted molar refractivity (Wildman–Crippen MR) is 246 cm³/mol. The summed E-state index contributed by atoms with van der Waals surface area (Å²) >= 11 is 0. The van der Waals surface area contributed by atoms with Crippen LogP contribution in [0.1, 0.15) is 22.3 Å². The molecule has 4 heteroatoms. The van der Waals surface area contributed by atoms with E-state index in [0.717, 1.165) is 73.4 Å². The summed E-state index contributed by atoms with van der Waals surface area (Å²) in [5, 5.41) is 14.9. The molecule has 0 radical (unpaired) electrons. The van der Waals surface area contributed by atoms with E-state index in [1.165, 1.54) is 16.5 Å². The summed E-state index contributed by atoms with van der Waals surface area (Å²) in [7, 11) is 0. The Balaban J connectivity index is 1.16. The molecule has 0 atom stereocenters. The number of aromatic hydroxyl groups is 1. The number of hydrogen-bond donors (Lipinski definition) is 1. The lowest BCUT2D eigenvalue weighted by atomic mass is 9.91. The number of phenols is 1. The van der Waals surface area contributed by atoms with Crippen molar-refractivity contribution in [2.75, 3.05) is 0 Å². The molecule has 1 N–H and O–H groups in total. The van der Waals surface area contributed by atoms with E-state index in [-0.39, 0.29) is 5.75 Å². The first-order chi connectivity index (χ1) is 29.7. The third kappa shape index (κ3) is 7.16. The summed E-state index contributed by atoms with van der Waals surface area (Å²) in [5.41, 5.74) is 14.2. The van der Waals surface area contributed by atoms with Crippen molar-refractivity contribution in [2.24, 2.45) is 0 Å². The zero-order chi connectivity index (χ0) is 40.3. The van der Waals surface area contributed by atoms with Gasteiger partial charge >= 0.3 is 0 Å². The summed E-state index contributed by atoms with van der Waals surface area (Å²) in [6.07, 6.45) is 7.27. The van der Waals surface area contributed by atoms with Crippen LogP contribution in [0, 0.1) is 0 Å². The predicted octanol–water partition coefficient (Wildman–Crippen LogP) is 13.6. The van der Waals surface area contributed by atoms with Crippen LogP contribution in [-0.2, 0) is 12.8 Å². The summed E-state index contributed by atoms with van der Waals surface area (Å²) in [6.45, 7) is 0. The molecular weight excluding hydrogens is 731 g/mol. The van der Waals surface area contributed by atoms with Gasteiger partial charge < -0.3 is 5.11 Å². The maximum Gasteiger partial charge on any atom is 0.145 e. The molecule has 8 aromatic carbocycles. The van der Waals surface area contributed by atoms with E-state index in [0.29, 0.717) is 17.7 Å². The molecule has 2 heterocycles. The van der Waals surface area contributed by atoms with E-state index >= 15 is 0 Å². The lowest BCUT2D eigenvalue weighted by molar-refractivity contribution is 0.471. The monoisotopic (exact) mass is 771 g/mol. The molecule has 0 saturated carbocycles. The van der Waals surface area contributed by atoms with Crippen LogP contribution in [0.15, 0.2) is 219 Å². The maximum atomic E-state index is 12.5. The minimum Gasteiger partial charge on any atom is -0.507 e. The van der Waals surface area contributed by atoms with Gasteiger partial charge in [-0.2, -0.15) is 0 Å². The number of nitrogens with zero attached hydrogens (tertiary/aromatic N) is 3. The van der Waals surface area contributed by atoms with Crippen LogP contribution in [0.2, 0.25) is 0 Å². The molecule has 0 unspecified atom stereocenters. The first kappa shape index (κ1) is 36.5. The Morgan fingerprint density at radius 1 is 0.417 bits per heavy atom. The Morgan fingerprint density at radius 2 is 0.950 bits per heavy atom. The highest BCUT2D eigenvalue weighted by Crippen LogP contribution is 2.43. The number of pyridine rings is 1. The molecule has 0 bridgehead atoms. The topological polar surface area (TPSA) is 50.9 Å². The summed E-state index contributed by atoms with van der Waals surface area (Å²) in [4.78, 5) is 10.0. The van der Waals surface area contributed by atoms with Crippen LogP contribution in [0.4, 0.5) is 0 Å². The Labute approximate surface area is 350 Å². The van der Waals surface area contributed by atoms with E-state index in [9.17, 15) is 5.11 Å². The molecule has 2 aromatic heterocycles. The Morgan fingerprint density at radius 3 is 1.58 bits per heavy atom. The van der Waals surface area contributed by atoms with Gasteiger partial charge in [-0.1, -0.05) is 188 Å². The van der Waals surface area contributed by atoms with Crippen LogP contribution in [0.5, 0.6) is 5.75 Å². The van der Waals surface area contributed by atoms with E-state index < -0.39 is 0 Å². The summed E-state index contributed by atoms with van der Waals surface area (Å²) < 4.78 is 2.22. The standard InChI is InChI=1S/C56H41N3O/c60-55-47(32-43-26-13-14-27-44(43)33-48-37-57-36-45-28-15-16-29-49(45)48)34-46(39-18-5-1-6-19-39)35-52(55)53-38-59(56(58-53)42-24-11-4-12-25-42)54-50(40-20-7-2-8-21-40)30-17-31-51(54)41-22-9-3-10-23-41/h1-31,34-38,60H,32-33H2. The van der Waals surface area contributed by atoms with Gasteiger partial charge in [-0.25, -0.2) is 4.98 Å². The van der Waals surface area contributed by atoms with Crippen molar-refractivity contribution in [3.63, 3.8) is 0 Å². The number of para-hydroxylation sites is 1. The lowest BCUT2D eigenvalue weighted by Crippen LogP contribution is -2.02. The number of fused-ring (bicyclic) bond motifs is 1. The molecule has 0 aliphatic carbocycles. The molecule has 0 spiro atoms. The SMILES string of the molecule is Oc1c(Cc2ccccc2Cc2cncc3ccccc23)cc(-c2ccccc2)cc1-c1cn(-c2c(-c3ccccc3)cccc2-c2ccccc2)c(-c2ccccc2)n1. The minimum atomic E-state index is 0.222. The van der Waals surface area contributed by atoms with Crippen molar-refractivity contribution in [1.82, 2.24) is 14.5 Å². The zero-order valence-corrected chi connectivity index (χ0v) is 33.0. The number of imidazole rings is 1. The van der Waals surface area contributed by atoms with Crippen molar-refractivity contribution in [3.8, 4) is 67.5 Å². The fourth-order valence-electron chi connectivity index (χ4n) is 8.43. The van der Waals surface area contributed by atoms with E-state index in [4.69, 9.17) is 4.98 Å². The Kier molecular flexibility index (Phi) is 9.86. The van der Waals surface area contributed by atoms with Crippen LogP contribution in [0.25, 0.3) is 72.5 Å². The van der Waals surface area contributed by atoms with Crippen LogP contribution in [-0.4, -0.2) is 19.6 Å². The molecule has 0 aliphatic rings. The third-order valence-corrected chi connectivity index (χ3v) is 11.4. The van der Waals surface area contributed by atoms with E-state index in [2.05, 4.69) is 180 Å². The smallest absolute Gasteiger partial charge is 0.145 e. The molecule has 10 aromatic rings. The molecule has 0 amide bonds. The van der Waals surface area contributed by atoms with Gasteiger partial charge in [-0.3, -0.25) is 9.55 Å². The second-order valence-electron chi connectivity index (χ2n) is 15.2. The number of phenolic OH excluding ortho intramolecular Hbond substituents is 1. The van der Waals surface area contributed by atoms with Crippen LogP contribution >= 0.6 is 0 Å². The maximum absolute atomic E-state index is 12.5. The lowest BCUT2D eigenvalue weighted by Gasteiger charge is -2.18. The van der Waals surface area contributed by atoms with Gasteiger partial charge in [0.1, 0.15) is 11.6 Å². The number of aromatic nitrogens is 3. The van der Waals surface area contributed by atoms with Crippen molar-refractivity contribution in [2.45, 2.75) is 12.8 Å². The van der Waals surface area contributed by atoms with Gasteiger partial charge in [0, 0.05) is 52.7 Å². The molecule has 60 heavy (non-hydrogen) atoms. The van der Waals surface area contributed by atoms with Gasteiger partial charge in [-0.05, 0) is 68.4 Å². The zero-order valence-electron chi connectivity index (χ0n) is 33.0. The number of rotatable bonds is 10. The van der Waals surface area contributed by atoms with Gasteiger partial charge in [0.05, 0.1) is 11.4 Å². The first-order valence-electron chi connectivity index (χ1n) is 20.4. The highest BCUT2D eigenvalue weighted by Gasteiger charge is 2.23. The van der Waals surface area contributed by atoms with Crippen molar-refractivity contribution in [1.29, 1.82) is 0 Å². The highest BCUT2D eigenvalue weighted by molar-refractivity contribution is 5.88. The molecule has 10 rings (SSSR count). The first-order valence-corrected chi connectivity index (χ1v) is 20.4. The molecule has 0 fully saturated rings.